The van der Waals surface area contributed by atoms with Crippen molar-refractivity contribution < 1.29 is 9.53 Å². The van der Waals surface area contributed by atoms with Crippen molar-refractivity contribution in [1.82, 2.24) is 0 Å². The molecule has 2 N–H and O–H groups in total. The molecule has 4 heteroatoms. The van der Waals surface area contributed by atoms with E-state index in [0.717, 1.165) is 0 Å². The van der Waals surface area contributed by atoms with Crippen molar-refractivity contribution in [1.29, 1.82) is 0 Å². The molecule has 0 aromatic heterocycles. The van der Waals surface area contributed by atoms with Crippen LogP contribution in [-0.2, 0) is 9.53 Å². The number of carbonyl (C=O) groups excluding carboxylic acids is 1. The first-order chi connectivity index (χ1) is 3.80. The quantitative estimate of drug-likeness (QED) is 0.519. The summed E-state index contributed by atoms with van der Waals surface area (Å²) in [7, 11) is 0. The molecule has 3 nitrogen and oxygen atoms in total. The summed E-state index contributed by atoms with van der Waals surface area (Å²) in [6.07, 6.45) is 0.487. The SMILES string of the molecule is Cl.NC1COCCC1=O. The van der Waals surface area contributed by atoms with Gasteiger partial charge in [-0.25, -0.2) is 0 Å². The Morgan fingerprint density at radius 3 is 2.67 bits per heavy atom. The molecule has 9 heavy (non-hydrogen) atoms. The molecule has 0 aromatic carbocycles. The van der Waals surface area contributed by atoms with E-state index in [4.69, 9.17) is 10.5 Å². The molecular weight excluding hydrogens is 142 g/mol. The third kappa shape index (κ3) is 2.30. The summed E-state index contributed by atoms with van der Waals surface area (Å²) in [5.41, 5.74) is 5.30. The molecule has 54 valence electrons. The zero-order chi connectivity index (χ0) is 5.98. The topological polar surface area (TPSA) is 52.3 Å². The molecule has 0 amide bonds. The molecule has 0 saturated carbocycles. The van der Waals surface area contributed by atoms with Crippen LogP contribution in [0.15, 0.2) is 0 Å². The molecule has 1 rings (SSSR count). The minimum atomic E-state index is -0.358. The fourth-order valence-corrected chi connectivity index (χ4v) is 0.661. The second kappa shape index (κ2) is 3.82. The van der Waals surface area contributed by atoms with E-state index in [2.05, 4.69) is 0 Å². The van der Waals surface area contributed by atoms with Gasteiger partial charge in [0.25, 0.3) is 0 Å². The van der Waals surface area contributed by atoms with Gasteiger partial charge in [0.1, 0.15) is 0 Å². The van der Waals surface area contributed by atoms with E-state index in [0.29, 0.717) is 19.6 Å². The standard InChI is InChI=1S/C5H9NO2.ClH/c6-4-3-8-2-1-5(4)7;/h4H,1-3,6H2;1H. The van der Waals surface area contributed by atoms with Gasteiger partial charge in [0, 0.05) is 6.42 Å². The molecule has 0 aliphatic carbocycles. The highest BCUT2D eigenvalue weighted by Crippen LogP contribution is 1.97. The Balaban J connectivity index is 0.000000640. The number of carbonyl (C=O) groups is 1. The molecule has 1 aliphatic rings. The van der Waals surface area contributed by atoms with Crippen LogP contribution in [0, 0.1) is 0 Å². The molecule has 0 spiro atoms. The second-order valence-corrected chi connectivity index (χ2v) is 1.90. The first-order valence-corrected chi connectivity index (χ1v) is 2.67. The van der Waals surface area contributed by atoms with Crippen LogP contribution in [0.2, 0.25) is 0 Å². The van der Waals surface area contributed by atoms with Gasteiger partial charge in [-0.1, -0.05) is 0 Å². The number of hydrogen-bond acceptors (Lipinski definition) is 3. The van der Waals surface area contributed by atoms with Crippen LogP contribution in [0.4, 0.5) is 0 Å². The van der Waals surface area contributed by atoms with Crippen molar-refractivity contribution in [3.8, 4) is 0 Å². The first kappa shape index (κ1) is 8.88. The van der Waals surface area contributed by atoms with Gasteiger partial charge in [0.15, 0.2) is 5.78 Å². The van der Waals surface area contributed by atoms with Crippen LogP contribution in [0.25, 0.3) is 0 Å². The minimum Gasteiger partial charge on any atom is -0.379 e. The summed E-state index contributed by atoms with van der Waals surface area (Å²) in [5.74, 6) is 0.122. The van der Waals surface area contributed by atoms with Crippen molar-refractivity contribution in [2.75, 3.05) is 13.2 Å². The van der Waals surface area contributed by atoms with Gasteiger partial charge < -0.3 is 10.5 Å². The summed E-state index contributed by atoms with van der Waals surface area (Å²) >= 11 is 0. The zero-order valence-electron chi connectivity index (χ0n) is 5.00. The largest absolute Gasteiger partial charge is 0.379 e. The number of halogens is 1. The Hall–Kier alpha value is -0.120. The second-order valence-electron chi connectivity index (χ2n) is 1.90. The van der Waals surface area contributed by atoms with Gasteiger partial charge >= 0.3 is 0 Å². The lowest BCUT2D eigenvalue weighted by molar-refractivity contribution is -0.126. The maximum atomic E-state index is 10.6. The Morgan fingerprint density at radius 2 is 2.33 bits per heavy atom. The lowest BCUT2D eigenvalue weighted by Crippen LogP contribution is -2.39. The zero-order valence-corrected chi connectivity index (χ0v) is 5.82. The fraction of sp³-hybridized carbons (Fsp3) is 0.800. The number of nitrogens with two attached hydrogens (primary N) is 1. The third-order valence-corrected chi connectivity index (χ3v) is 1.20. The monoisotopic (exact) mass is 151 g/mol. The molecular formula is C5H10ClNO2. The molecule has 1 saturated heterocycles. The third-order valence-electron chi connectivity index (χ3n) is 1.20. The van der Waals surface area contributed by atoms with Crippen LogP contribution in [0.1, 0.15) is 6.42 Å². The van der Waals surface area contributed by atoms with Gasteiger partial charge in [-0.15, -0.1) is 12.4 Å². The van der Waals surface area contributed by atoms with E-state index in [1.807, 2.05) is 0 Å². The predicted molar refractivity (Wildman–Crippen MR) is 35.7 cm³/mol. The Labute approximate surface area is 60.0 Å². The van der Waals surface area contributed by atoms with Gasteiger partial charge in [-0.3, -0.25) is 4.79 Å². The van der Waals surface area contributed by atoms with Crippen molar-refractivity contribution in [2.24, 2.45) is 5.73 Å². The highest BCUT2D eigenvalue weighted by Gasteiger charge is 2.17. The average molecular weight is 152 g/mol. The number of Topliss-reactive ketones (excluding diaryl/α,β-unsaturated/α-hetero) is 1. The smallest absolute Gasteiger partial charge is 0.154 e. The van der Waals surface area contributed by atoms with E-state index in [1.165, 1.54) is 0 Å². The molecule has 1 heterocycles. The average Bonchev–Trinajstić information content (AvgIpc) is 1.77. The van der Waals surface area contributed by atoms with E-state index < -0.39 is 0 Å². The molecule has 0 bridgehead atoms. The lowest BCUT2D eigenvalue weighted by atomic mass is 10.1. The number of ether oxygens (including phenoxy) is 1. The minimum absolute atomic E-state index is 0. The first-order valence-electron chi connectivity index (χ1n) is 2.67. The molecule has 0 aromatic rings. The molecule has 1 fully saturated rings. The van der Waals surface area contributed by atoms with E-state index >= 15 is 0 Å². The fourth-order valence-electron chi connectivity index (χ4n) is 0.661. The molecule has 1 atom stereocenters. The van der Waals surface area contributed by atoms with E-state index in [1.54, 1.807) is 0 Å². The van der Waals surface area contributed by atoms with Crippen molar-refractivity contribution in [2.45, 2.75) is 12.5 Å². The van der Waals surface area contributed by atoms with Crippen LogP contribution in [0.3, 0.4) is 0 Å². The number of rotatable bonds is 0. The molecule has 1 aliphatic heterocycles. The van der Waals surface area contributed by atoms with Crippen molar-refractivity contribution in [3.63, 3.8) is 0 Å². The van der Waals surface area contributed by atoms with Crippen molar-refractivity contribution >= 4 is 18.2 Å². The summed E-state index contributed by atoms with van der Waals surface area (Å²) in [5, 5.41) is 0. The van der Waals surface area contributed by atoms with Gasteiger partial charge in [-0.2, -0.15) is 0 Å². The summed E-state index contributed by atoms with van der Waals surface area (Å²) in [4.78, 5) is 10.6. The van der Waals surface area contributed by atoms with Gasteiger partial charge in [-0.05, 0) is 0 Å². The molecule has 1 unspecified atom stereocenters. The van der Waals surface area contributed by atoms with Gasteiger partial charge in [0.05, 0.1) is 19.3 Å². The summed E-state index contributed by atoms with van der Waals surface area (Å²) < 4.78 is 4.91. The number of hydrogen-bond donors (Lipinski definition) is 1. The van der Waals surface area contributed by atoms with E-state index in [9.17, 15) is 4.79 Å². The Bertz CT molecular complexity index is 107. The highest BCUT2D eigenvalue weighted by molar-refractivity contribution is 5.85. The predicted octanol–water partition coefficient (Wildman–Crippen LogP) is -0.275. The van der Waals surface area contributed by atoms with Gasteiger partial charge in [0.2, 0.25) is 0 Å². The summed E-state index contributed by atoms with van der Waals surface area (Å²) in [6.45, 7) is 0.950. The normalized spacial score (nSPS) is 27.2. The van der Waals surface area contributed by atoms with Crippen LogP contribution < -0.4 is 5.73 Å². The van der Waals surface area contributed by atoms with Crippen LogP contribution in [0.5, 0.6) is 0 Å². The highest BCUT2D eigenvalue weighted by atomic mass is 35.5. The van der Waals surface area contributed by atoms with Crippen LogP contribution in [-0.4, -0.2) is 25.0 Å². The van der Waals surface area contributed by atoms with Crippen molar-refractivity contribution in [3.05, 3.63) is 0 Å². The van der Waals surface area contributed by atoms with Crippen LogP contribution >= 0.6 is 12.4 Å². The Kier molecular flexibility index (Phi) is 3.77. The lowest BCUT2D eigenvalue weighted by Gasteiger charge is -2.15. The number of ketones is 1. The summed E-state index contributed by atoms with van der Waals surface area (Å²) in [6, 6.07) is -0.358. The van der Waals surface area contributed by atoms with E-state index in [-0.39, 0.29) is 24.2 Å². The molecule has 0 radical (unpaired) electrons. The maximum absolute atomic E-state index is 10.6. The Morgan fingerprint density at radius 1 is 1.67 bits per heavy atom. The maximum Gasteiger partial charge on any atom is 0.154 e.